The minimum absolute atomic E-state index is 0.00770. The number of phenols is 1. The molecule has 0 aliphatic carbocycles. The molecule has 1 amide bonds. The number of aromatic hydroxyl groups is 1. The Morgan fingerprint density at radius 1 is 1.15 bits per heavy atom. The van der Waals surface area contributed by atoms with Gasteiger partial charge in [-0.3, -0.25) is 4.79 Å². The number of phenolic OH excluding ortho intramolecular Hbond substituents is 1. The van der Waals surface area contributed by atoms with Crippen LogP contribution in [-0.2, 0) is 6.54 Å². The molecule has 9 nitrogen and oxygen atoms in total. The lowest BCUT2D eigenvalue weighted by Gasteiger charge is -2.37. The molecule has 0 radical (unpaired) electrons. The fourth-order valence-corrected chi connectivity index (χ4v) is 5.96. The summed E-state index contributed by atoms with van der Waals surface area (Å²) >= 11 is 6.82. The minimum Gasteiger partial charge on any atom is -0.508 e. The lowest BCUT2D eigenvalue weighted by molar-refractivity contribution is 0.0746. The molecule has 0 saturated carbocycles. The highest BCUT2D eigenvalue weighted by Gasteiger charge is 2.32. The van der Waals surface area contributed by atoms with Gasteiger partial charge in [-0.2, -0.15) is 0 Å². The van der Waals surface area contributed by atoms with Gasteiger partial charge in [-0.05, 0) is 67.0 Å². The summed E-state index contributed by atoms with van der Waals surface area (Å²) in [6.45, 7) is 2.39. The van der Waals surface area contributed by atoms with Gasteiger partial charge < -0.3 is 29.3 Å². The molecule has 2 saturated heterocycles. The van der Waals surface area contributed by atoms with Crippen LogP contribution in [0.3, 0.4) is 0 Å². The Balaban J connectivity index is 1.45. The smallest absolute Gasteiger partial charge is 0.407 e. The topological polar surface area (TPSA) is 108 Å². The van der Waals surface area contributed by atoms with Crippen LogP contribution < -0.4 is 10.3 Å². The first kappa shape index (κ1) is 25.5. The van der Waals surface area contributed by atoms with Crippen molar-refractivity contribution < 1.29 is 19.7 Å². The van der Waals surface area contributed by atoms with Crippen molar-refractivity contribution in [2.45, 2.75) is 25.4 Å². The molecule has 2 aliphatic heterocycles. The molecule has 2 fully saturated rings. The zero-order chi connectivity index (χ0) is 27.3. The molecule has 6 rings (SSSR count). The number of ether oxygens (including phenoxy) is 1. The molecule has 4 aromatic rings. The molecule has 202 valence electrons. The molecule has 3 heterocycles. The Hall–Kier alpha value is -3.82. The van der Waals surface area contributed by atoms with Crippen molar-refractivity contribution >= 4 is 39.5 Å². The molecule has 0 spiro atoms. The van der Waals surface area contributed by atoms with Crippen LogP contribution in [0, 0.1) is 5.92 Å². The number of carboxylic acid groups (broad SMARTS) is 1. The van der Waals surface area contributed by atoms with Gasteiger partial charge in [0, 0.05) is 37.2 Å². The normalized spacial score (nSPS) is 18.1. The first-order valence-electron chi connectivity index (χ1n) is 13.1. The lowest BCUT2D eigenvalue weighted by Crippen LogP contribution is -2.51. The Labute approximate surface area is 229 Å². The van der Waals surface area contributed by atoms with E-state index in [1.54, 1.807) is 22.8 Å². The summed E-state index contributed by atoms with van der Waals surface area (Å²) in [5.74, 6) is 0.133. The maximum atomic E-state index is 13.6. The fourth-order valence-electron chi connectivity index (χ4n) is 5.70. The summed E-state index contributed by atoms with van der Waals surface area (Å²) in [5.41, 5.74) is 2.16. The van der Waals surface area contributed by atoms with Crippen LogP contribution in [0.2, 0.25) is 5.02 Å². The Kier molecular flexibility index (Phi) is 6.56. The molecular weight excluding hydrogens is 520 g/mol. The zero-order valence-corrected chi connectivity index (χ0v) is 22.3. The van der Waals surface area contributed by atoms with Crippen molar-refractivity contribution in [3.8, 4) is 22.8 Å². The Morgan fingerprint density at radius 2 is 1.95 bits per heavy atom. The molecule has 0 unspecified atom stereocenters. The van der Waals surface area contributed by atoms with Gasteiger partial charge in [-0.25, -0.2) is 9.78 Å². The highest BCUT2D eigenvalue weighted by Crippen LogP contribution is 2.38. The summed E-state index contributed by atoms with van der Waals surface area (Å²) in [4.78, 5) is 33.1. The lowest BCUT2D eigenvalue weighted by atomic mass is 9.97. The highest BCUT2D eigenvalue weighted by molar-refractivity contribution is 6.34. The van der Waals surface area contributed by atoms with Gasteiger partial charge in [0.25, 0.3) is 5.88 Å². The molecule has 1 aromatic heterocycles. The van der Waals surface area contributed by atoms with Crippen LogP contribution >= 0.6 is 11.6 Å². The third-order valence-corrected chi connectivity index (χ3v) is 8.21. The Bertz CT molecular complexity index is 1650. The second-order valence-corrected chi connectivity index (χ2v) is 10.9. The molecule has 2 aliphatic rings. The first-order valence-corrected chi connectivity index (χ1v) is 13.4. The Morgan fingerprint density at radius 3 is 2.69 bits per heavy atom. The number of hydrogen-bond donors (Lipinski definition) is 2. The monoisotopic (exact) mass is 548 g/mol. The third-order valence-electron chi connectivity index (χ3n) is 7.89. The standard InChI is InChI=1S/C29H29ClN4O5/c1-32-8-4-6-19(32)16-39-27-28(36)34(15-17-13-33(14-17)29(37)38)26-12-24(30)23(11-25(26)31-27)22-10-20(35)9-18-5-2-3-7-21(18)22/h2-3,5,7,9-12,17,19,35H,4,6,8,13-16H2,1H3,(H,37,38)/t19-/m0/s1. The van der Waals surface area contributed by atoms with Crippen LogP contribution in [0.4, 0.5) is 4.79 Å². The van der Waals surface area contributed by atoms with Gasteiger partial charge >= 0.3 is 11.7 Å². The predicted molar refractivity (Wildman–Crippen MR) is 150 cm³/mol. The molecule has 1 atom stereocenters. The summed E-state index contributed by atoms with van der Waals surface area (Å²) in [5, 5.41) is 21.9. The van der Waals surface area contributed by atoms with E-state index >= 15 is 0 Å². The van der Waals surface area contributed by atoms with Crippen molar-refractivity contribution in [1.29, 1.82) is 0 Å². The van der Waals surface area contributed by atoms with Crippen LogP contribution in [0.15, 0.2) is 53.3 Å². The summed E-state index contributed by atoms with van der Waals surface area (Å²) in [6, 6.07) is 14.9. The van der Waals surface area contributed by atoms with Crippen LogP contribution in [0.25, 0.3) is 32.9 Å². The number of halogens is 1. The molecule has 0 bridgehead atoms. The van der Waals surface area contributed by atoms with Gasteiger partial charge in [0.2, 0.25) is 0 Å². The van der Waals surface area contributed by atoms with E-state index in [1.165, 1.54) is 4.90 Å². The number of hydrogen-bond acceptors (Lipinski definition) is 6. The summed E-state index contributed by atoms with van der Waals surface area (Å²) in [6.07, 6.45) is 1.12. The maximum absolute atomic E-state index is 13.6. The molecule has 3 aromatic carbocycles. The average Bonchev–Trinajstić information content (AvgIpc) is 3.29. The summed E-state index contributed by atoms with van der Waals surface area (Å²) < 4.78 is 7.64. The van der Waals surface area contributed by atoms with Gasteiger partial charge in [0.15, 0.2) is 0 Å². The van der Waals surface area contributed by atoms with Gasteiger partial charge in [0.1, 0.15) is 12.4 Å². The minimum atomic E-state index is -0.964. The van der Waals surface area contributed by atoms with E-state index in [0.717, 1.165) is 35.7 Å². The van der Waals surface area contributed by atoms with E-state index in [0.29, 0.717) is 47.9 Å². The van der Waals surface area contributed by atoms with E-state index in [4.69, 9.17) is 16.3 Å². The van der Waals surface area contributed by atoms with Gasteiger partial charge in [0.05, 0.1) is 16.1 Å². The summed E-state index contributed by atoms with van der Waals surface area (Å²) in [7, 11) is 2.05. The quantitative estimate of drug-likeness (QED) is 0.361. The SMILES string of the molecule is CN1CCC[C@H]1COc1nc2cc(-c3cc(O)cc4ccccc34)c(Cl)cc2n(CC2CN(C(=O)O)C2)c1=O. The third kappa shape index (κ3) is 4.77. The number of benzene rings is 3. The van der Waals surface area contributed by atoms with Crippen LogP contribution in [0.1, 0.15) is 12.8 Å². The molecule has 2 N–H and O–H groups in total. The van der Waals surface area contributed by atoms with Crippen molar-refractivity contribution in [2.24, 2.45) is 5.92 Å². The van der Waals surface area contributed by atoms with Crippen molar-refractivity contribution in [2.75, 3.05) is 33.3 Å². The second kappa shape index (κ2) is 10.1. The van der Waals surface area contributed by atoms with E-state index in [-0.39, 0.29) is 29.1 Å². The predicted octanol–water partition coefficient (Wildman–Crippen LogP) is 4.66. The van der Waals surface area contributed by atoms with Crippen LogP contribution in [0.5, 0.6) is 11.6 Å². The van der Waals surface area contributed by atoms with E-state index in [9.17, 15) is 19.8 Å². The first-order chi connectivity index (χ1) is 18.8. The number of aromatic nitrogens is 2. The van der Waals surface area contributed by atoms with Gasteiger partial charge in [-0.1, -0.05) is 35.9 Å². The van der Waals surface area contributed by atoms with E-state index < -0.39 is 6.09 Å². The van der Waals surface area contributed by atoms with E-state index in [1.807, 2.05) is 37.4 Å². The number of carbonyl (C=O) groups is 1. The maximum Gasteiger partial charge on any atom is 0.407 e. The van der Waals surface area contributed by atoms with E-state index in [2.05, 4.69) is 9.88 Å². The number of likely N-dealkylation sites (N-methyl/N-ethyl adjacent to an activating group) is 1. The highest BCUT2D eigenvalue weighted by atomic mass is 35.5. The van der Waals surface area contributed by atoms with Gasteiger partial charge in [-0.15, -0.1) is 0 Å². The zero-order valence-electron chi connectivity index (χ0n) is 21.5. The van der Waals surface area contributed by atoms with Crippen molar-refractivity contribution in [1.82, 2.24) is 19.4 Å². The van der Waals surface area contributed by atoms with Crippen molar-refractivity contribution in [3.05, 3.63) is 63.9 Å². The average molecular weight is 549 g/mol. The molecule has 10 heteroatoms. The number of nitrogens with zero attached hydrogens (tertiary/aromatic N) is 4. The molecule has 39 heavy (non-hydrogen) atoms. The van der Waals surface area contributed by atoms with Crippen LogP contribution in [-0.4, -0.2) is 75.0 Å². The largest absolute Gasteiger partial charge is 0.508 e. The number of fused-ring (bicyclic) bond motifs is 2. The van der Waals surface area contributed by atoms with Crippen molar-refractivity contribution in [3.63, 3.8) is 0 Å². The fraction of sp³-hybridized carbons (Fsp3) is 0.345. The second-order valence-electron chi connectivity index (χ2n) is 10.5. The number of amides is 1. The number of likely N-dealkylation sites (tertiary alicyclic amines) is 2. The number of rotatable bonds is 6. The molecular formula is C29H29ClN4O5.